The predicted octanol–water partition coefficient (Wildman–Crippen LogP) is 0.244. The third-order valence-corrected chi connectivity index (χ3v) is 3.40. The summed E-state index contributed by atoms with van der Waals surface area (Å²) in [7, 11) is 0. The fourth-order valence-corrected chi connectivity index (χ4v) is 2.30. The van der Waals surface area contributed by atoms with Gasteiger partial charge in [-0.25, -0.2) is 8.78 Å². The van der Waals surface area contributed by atoms with E-state index in [0.29, 0.717) is 26.3 Å². The second-order valence-electron chi connectivity index (χ2n) is 4.90. The van der Waals surface area contributed by atoms with Crippen molar-refractivity contribution < 1.29 is 18.3 Å². The molecule has 1 fully saturated rings. The van der Waals surface area contributed by atoms with Gasteiger partial charge in [0.25, 0.3) is 5.91 Å². The largest absolute Gasteiger partial charge is 0.378 e. The Labute approximate surface area is 129 Å². The SMILES string of the molecule is O=C(NCc1nn[nH]n1)c1cc(F)c(N2CCOCC2)c(F)c1. The highest BCUT2D eigenvalue weighted by Gasteiger charge is 2.22. The normalized spacial score (nSPS) is 14.8. The molecule has 0 bridgehead atoms. The second kappa shape index (κ2) is 6.65. The number of hydrogen-bond donors (Lipinski definition) is 2. The van der Waals surface area contributed by atoms with Crippen LogP contribution in [0.1, 0.15) is 16.2 Å². The number of aromatic amines is 1. The number of H-pyrrole nitrogens is 1. The number of rotatable bonds is 4. The topological polar surface area (TPSA) is 96.0 Å². The first-order valence-electron chi connectivity index (χ1n) is 6.97. The molecule has 1 amide bonds. The third kappa shape index (κ3) is 3.42. The molecule has 2 heterocycles. The van der Waals surface area contributed by atoms with E-state index in [-0.39, 0.29) is 23.6 Å². The number of tetrazole rings is 1. The molecule has 0 aliphatic carbocycles. The first-order chi connectivity index (χ1) is 11.1. The van der Waals surface area contributed by atoms with Gasteiger partial charge in [0.1, 0.15) is 17.3 Å². The Hall–Kier alpha value is -2.62. The molecule has 0 unspecified atom stereocenters. The van der Waals surface area contributed by atoms with E-state index in [9.17, 15) is 13.6 Å². The van der Waals surface area contributed by atoms with Gasteiger partial charge in [-0.15, -0.1) is 10.2 Å². The van der Waals surface area contributed by atoms with Gasteiger partial charge in [0.2, 0.25) is 0 Å². The summed E-state index contributed by atoms with van der Waals surface area (Å²) in [6.07, 6.45) is 0. The van der Waals surface area contributed by atoms with Crippen molar-refractivity contribution in [1.82, 2.24) is 25.9 Å². The van der Waals surface area contributed by atoms with Crippen LogP contribution in [0.15, 0.2) is 12.1 Å². The summed E-state index contributed by atoms with van der Waals surface area (Å²) in [6, 6.07) is 2.03. The molecule has 10 heteroatoms. The van der Waals surface area contributed by atoms with E-state index in [1.54, 1.807) is 4.90 Å². The van der Waals surface area contributed by atoms with Crippen LogP contribution >= 0.6 is 0 Å². The Balaban J connectivity index is 1.74. The van der Waals surface area contributed by atoms with Crippen molar-refractivity contribution in [1.29, 1.82) is 0 Å². The van der Waals surface area contributed by atoms with E-state index >= 15 is 0 Å². The minimum Gasteiger partial charge on any atom is -0.378 e. The summed E-state index contributed by atoms with van der Waals surface area (Å²) >= 11 is 0. The number of amides is 1. The minimum absolute atomic E-state index is 0.00376. The maximum Gasteiger partial charge on any atom is 0.251 e. The zero-order chi connectivity index (χ0) is 16.2. The lowest BCUT2D eigenvalue weighted by molar-refractivity contribution is 0.0948. The number of morpholine rings is 1. The molecule has 0 radical (unpaired) electrons. The lowest BCUT2D eigenvalue weighted by atomic mass is 10.1. The van der Waals surface area contributed by atoms with Crippen LogP contribution in [0, 0.1) is 11.6 Å². The van der Waals surface area contributed by atoms with Gasteiger partial charge in [0.05, 0.1) is 19.8 Å². The van der Waals surface area contributed by atoms with Crippen LogP contribution in [0.25, 0.3) is 0 Å². The van der Waals surface area contributed by atoms with Crippen molar-refractivity contribution in [2.24, 2.45) is 0 Å². The highest BCUT2D eigenvalue weighted by Crippen LogP contribution is 2.25. The molecule has 23 heavy (non-hydrogen) atoms. The summed E-state index contributed by atoms with van der Waals surface area (Å²) < 4.78 is 33.6. The van der Waals surface area contributed by atoms with Crippen LogP contribution in [-0.4, -0.2) is 52.8 Å². The van der Waals surface area contributed by atoms with Crippen molar-refractivity contribution in [3.63, 3.8) is 0 Å². The fourth-order valence-electron chi connectivity index (χ4n) is 2.30. The molecule has 0 spiro atoms. The molecular weight excluding hydrogens is 310 g/mol. The monoisotopic (exact) mass is 324 g/mol. The highest BCUT2D eigenvalue weighted by atomic mass is 19.1. The third-order valence-electron chi connectivity index (χ3n) is 3.40. The number of carbonyl (C=O) groups excluding carboxylic acids is 1. The van der Waals surface area contributed by atoms with E-state index in [1.165, 1.54) is 0 Å². The van der Waals surface area contributed by atoms with E-state index in [1.807, 2.05) is 0 Å². The highest BCUT2D eigenvalue weighted by molar-refractivity contribution is 5.94. The fraction of sp³-hybridized carbons (Fsp3) is 0.385. The Bertz CT molecular complexity index is 665. The summed E-state index contributed by atoms with van der Waals surface area (Å²) in [6.45, 7) is 1.62. The lowest BCUT2D eigenvalue weighted by Crippen LogP contribution is -2.37. The second-order valence-corrected chi connectivity index (χ2v) is 4.90. The number of benzene rings is 1. The summed E-state index contributed by atoms with van der Waals surface area (Å²) in [5.74, 6) is -1.92. The van der Waals surface area contributed by atoms with Crippen LogP contribution in [-0.2, 0) is 11.3 Å². The molecule has 0 saturated carbocycles. The first kappa shape index (κ1) is 15.3. The molecule has 1 aromatic heterocycles. The zero-order valence-electron chi connectivity index (χ0n) is 12.1. The Morgan fingerprint density at radius 3 is 2.61 bits per heavy atom. The number of nitrogens with zero attached hydrogens (tertiary/aromatic N) is 4. The van der Waals surface area contributed by atoms with Crippen LogP contribution in [0.3, 0.4) is 0 Å². The van der Waals surface area contributed by atoms with E-state index < -0.39 is 17.5 Å². The van der Waals surface area contributed by atoms with Crippen LogP contribution < -0.4 is 10.2 Å². The number of hydrogen-bond acceptors (Lipinski definition) is 6. The number of ether oxygens (including phenoxy) is 1. The molecule has 8 nitrogen and oxygen atoms in total. The van der Waals surface area contributed by atoms with Gasteiger partial charge in [-0.1, -0.05) is 5.21 Å². The average Bonchev–Trinajstić information content (AvgIpc) is 3.06. The number of carbonyl (C=O) groups is 1. The van der Waals surface area contributed by atoms with Crippen LogP contribution in [0.4, 0.5) is 14.5 Å². The van der Waals surface area contributed by atoms with E-state index in [0.717, 1.165) is 12.1 Å². The molecule has 122 valence electrons. The molecular formula is C13H14F2N6O2. The van der Waals surface area contributed by atoms with Gasteiger partial charge in [-0.2, -0.15) is 5.21 Å². The average molecular weight is 324 g/mol. The molecule has 1 aliphatic heterocycles. The number of anilines is 1. The van der Waals surface area contributed by atoms with Gasteiger partial charge < -0.3 is 15.0 Å². The van der Waals surface area contributed by atoms with Gasteiger partial charge in [0.15, 0.2) is 5.82 Å². The maximum absolute atomic E-state index is 14.2. The van der Waals surface area contributed by atoms with Crippen molar-refractivity contribution in [2.45, 2.75) is 6.54 Å². The van der Waals surface area contributed by atoms with Crippen molar-refractivity contribution in [2.75, 3.05) is 31.2 Å². The Morgan fingerprint density at radius 1 is 1.30 bits per heavy atom. The number of halogens is 2. The summed E-state index contributed by atoms with van der Waals surface area (Å²) in [5.41, 5.74) is -0.247. The standard InChI is InChI=1S/C13H14F2N6O2/c14-9-5-8(13(22)16-7-11-17-19-20-18-11)6-10(15)12(9)21-1-3-23-4-2-21/h5-6H,1-4,7H2,(H,16,22)(H,17,18,19,20). The van der Waals surface area contributed by atoms with Gasteiger partial charge >= 0.3 is 0 Å². The van der Waals surface area contributed by atoms with Crippen molar-refractivity contribution in [3.8, 4) is 0 Å². The maximum atomic E-state index is 14.2. The summed E-state index contributed by atoms with van der Waals surface area (Å²) in [4.78, 5) is 13.5. The van der Waals surface area contributed by atoms with Gasteiger partial charge in [-0.05, 0) is 12.1 Å². The summed E-state index contributed by atoms with van der Waals surface area (Å²) in [5, 5.41) is 15.4. The number of nitrogens with one attached hydrogen (secondary N) is 2. The van der Waals surface area contributed by atoms with Gasteiger partial charge in [-0.3, -0.25) is 4.79 Å². The Kier molecular flexibility index (Phi) is 4.42. The molecule has 3 rings (SSSR count). The van der Waals surface area contributed by atoms with E-state index in [2.05, 4.69) is 25.9 Å². The predicted molar refractivity (Wildman–Crippen MR) is 74.7 cm³/mol. The Morgan fingerprint density at radius 2 is 2.00 bits per heavy atom. The minimum atomic E-state index is -0.781. The van der Waals surface area contributed by atoms with Crippen molar-refractivity contribution in [3.05, 3.63) is 35.2 Å². The molecule has 2 N–H and O–H groups in total. The van der Waals surface area contributed by atoms with Gasteiger partial charge in [0, 0.05) is 18.7 Å². The quantitative estimate of drug-likeness (QED) is 0.837. The zero-order valence-corrected chi connectivity index (χ0v) is 12.1. The smallest absolute Gasteiger partial charge is 0.251 e. The molecule has 1 aliphatic rings. The molecule has 2 aromatic rings. The molecule has 0 atom stereocenters. The number of aromatic nitrogens is 4. The molecule has 1 saturated heterocycles. The van der Waals surface area contributed by atoms with E-state index in [4.69, 9.17) is 4.74 Å². The van der Waals surface area contributed by atoms with Crippen LogP contribution in [0.5, 0.6) is 0 Å². The molecule has 1 aromatic carbocycles. The van der Waals surface area contributed by atoms with Crippen LogP contribution in [0.2, 0.25) is 0 Å². The lowest BCUT2D eigenvalue weighted by Gasteiger charge is -2.29. The van der Waals surface area contributed by atoms with Crippen molar-refractivity contribution >= 4 is 11.6 Å². The first-order valence-corrected chi connectivity index (χ1v) is 6.97.